The van der Waals surface area contributed by atoms with E-state index in [2.05, 4.69) is 5.32 Å². The van der Waals surface area contributed by atoms with Gasteiger partial charge in [-0.25, -0.2) is 14.0 Å². The standard InChI is InChI=1S/C26H21FN2O5S/c27-16-9-15(24(30)29-14-35-13-23(29)25(31)32)10-17(11-16)28-26(33)34-12-22-20-7-3-1-5-18(20)19-6-2-4-8-21(19)22/h1-11,22-23H,12-14H2,(H,28,33)(H,31,32). The van der Waals surface area contributed by atoms with Crippen molar-refractivity contribution >= 4 is 35.4 Å². The molecule has 3 aromatic rings. The normalized spacial score (nSPS) is 16.5. The van der Waals surface area contributed by atoms with Crippen LogP contribution in [0.15, 0.2) is 66.7 Å². The molecule has 1 fully saturated rings. The van der Waals surface area contributed by atoms with Crippen LogP contribution in [0.4, 0.5) is 14.9 Å². The van der Waals surface area contributed by atoms with E-state index >= 15 is 0 Å². The number of thioether (sulfide) groups is 1. The molecule has 2 aliphatic rings. The molecule has 1 saturated heterocycles. The highest BCUT2D eigenvalue weighted by Gasteiger charge is 2.35. The monoisotopic (exact) mass is 492 g/mol. The Bertz CT molecular complexity index is 1290. The van der Waals surface area contributed by atoms with Crippen LogP contribution >= 0.6 is 11.8 Å². The quantitative estimate of drug-likeness (QED) is 0.532. The molecular formula is C26H21FN2O5S. The average molecular weight is 493 g/mol. The highest BCUT2D eigenvalue weighted by molar-refractivity contribution is 7.99. The number of halogens is 1. The number of aliphatic carboxylic acids is 1. The Morgan fingerprint density at radius 1 is 1.03 bits per heavy atom. The zero-order chi connectivity index (χ0) is 24.5. The zero-order valence-electron chi connectivity index (χ0n) is 18.4. The minimum Gasteiger partial charge on any atom is -0.480 e. The molecule has 3 aromatic carbocycles. The number of ether oxygens (including phenoxy) is 1. The van der Waals surface area contributed by atoms with Crippen molar-refractivity contribution in [2.24, 2.45) is 0 Å². The predicted molar refractivity (Wildman–Crippen MR) is 130 cm³/mol. The lowest BCUT2D eigenvalue weighted by atomic mass is 9.98. The minimum atomic E-state index is -1.11. The molecule has 1 aliphatic carbocycles. The summed E-state index contributed by atoms with van der Waals surface area (Å²) < 4.78 is 19.7. The van der Waals surface area contributed by atoms with Gasteiger partial charge in [-0.15, -0.1) is 11.8 Å². The number of fused-ring (bicyclic) bond motifs is 3. The smallest absolute Gasteiger partial charge is 0.411 e. The summed E-state index contributed by atoms with van der Waals surface area (Å²) in [5, 5.41) is 11.8. The summed E-state index contributed by atoms with van der Waals surface area (Å²) in [7, 11) is 0. The second-order valence-corrected chi connectivity index (χ2v) is 9.31. The maximum atomic E-state index is 14.3. The van der Waals surface area contributed by atoms with Gasteiger partial charge in [-0.2, -0.15) is 0 Å². The number of carbonyl (C=O) groups is 3. The van der Waals surface area contributed by atoms with Crippen LogP contribution in [0, 0.1) is 5.82 Å². The molecule has 0 aromatic heterocycles. The minimum absolute atomic E-state index is 0.0456. The van der Waals surface area contributed by atoms with Crippen LogP contribution < -0.4 is 5.32 Å². The van der Waals surface area contributed by atoms with Crippen molar-refractivity contribution in [2.45, 2.75) is 12.0 Å². The number of nitrogens with zero attached hydrogens (tertiary/aromatic N) is 1. The van der Waals surface area contributed by atoms with Crippen LogP contribution in [0.3, 0.4) is 0 Å². The molecule has 178 valence electrons. The molecule has 1 aliphatic heterocycles. The van der Waals surface area contributed by atoms with Gasteiger partial charge in [0.05, 0.1) is 5.88 Å². The van der Waals surface area contributed by atoms with Gasteiger partial charge in [-0.3, -0.25) is 10.1 Å². The molecule has 2 amide bonds. The fourth-order valence-electron chi connectivity index (χ4n) is 4.55. The summed E-state index contributed by atoms with van der Waals surface area (Å²) >= 11 is 1.31. The lowest BCUT2D eigenvalue weighted by Gasteiger charge is -2.21. The van der Waals surface area contributed by atoms with Gasteiger partial charge in [0.2, 0.25) is 0 Å². The fraction of sp³-hybridized carbons (Fsp3) is 0.192. The van der Waals surface area contributed by atoms with E-state index in [9.17, 15) is 23.9 Å². The Kier molecular flexibility index (Phi) is 6.17. The van der Waals surface area contributed by atoms with Gasteiger partial charge in [0.1, 0.15) is 18.5 Å². The first-order valence-electron chi connectivity index (χ1n) is 11.0. The Morgan fingerprint density at radius 2 is 1.69 bits per heavy atom. The summed E-state index contributed by atoms with van der Waals surface area (Å²) in [6.07, 6.45) is -0.781. The van der Waals surface area contributed by atoms with Crippen molar-refractivity contribution in [1.82, 2.24) is 4.90 Å². The molecule has 0 spiro atoms. The molecule has 2 N–H and O–H groups in total. The summed E-state index contributed by atoms with van der Waals surface area (Å²) in [4.78, 5) is 38.0. The summed E-state index contributed by atoms with van der Waals surface area (Å²) in [6, 6.07) is 18.3. The maximum absolute atomic E-state index is 14.3. The number of carbonyl (C=O) groups excluding carboxylic acids is 2. The van der Waals surface area contributed by atoms with E-state index < -0.39 is 29.8 Å². The molecule has 0 radical (unpaired) electrons. The number of carboxylic acids is 1. The number of nitrogens with one attached hydrogen (secondary N) is 1. The Morgan fingerprint density at radius 3 is 2.34 bits per heavy atom. The van der Waals surface area contributed by atoms with Crippen molar-refractivity contribution < 1.29 is 28.6 Å². The second-order valence-electron chi connectivity index (χ2n) is 8.31. The lowest BCUT2D eigenvalue weighted by molar-refractivity contribution is -0.140. The maximum Gasteiger partial charge on any atom is 0.411 e. The van der Waals surface area contributed by atoms with E-state index in [1.807, 2.05) is 48.5 Å². The van der Waals surface area contributed by atoms with Crippen LogP contribution in [0.25, 0.3) is 11.1 Å². The van der Waals surface area contributed by atoms with Gasteiger partial charge < -0.3 is 14.7 Å². The number of hydrogen-bond acceptors (Lipinski definition) is 5. The van der Waals surface area contributed by atoms with Gasteiger partial charge >= 0.3 is 12.1 Å². The third-order valence-corrected chi connectivity index (χ3v) is 7.18. The predicted octanol–water partition coefficient (Wildman–Crippen LogP) is 4.79. The first kappa shape index (κ1) is 22.9. The first-order chi connectivity index (χ1) is 16.9. The van der Waals surface area contributed by atoms with E-state index in [-0.39, 0.29) is 35.4 Å². The van der Waals surface area contributed by atoms with Gasteiger partial charge in [0.25, 0.3) is 5.91 Å². The van der Waals surface area contributed by atoms with E-state index in [0.717, 1.165) is 34.4 Å². The van der Waals surface area contributed by atoms with E-state index in [4.69, 9.17) is 4.74 Å². The third-order valence-electron chi connectivity index (χ3n) is 6.16. The van der Waals surface area contributed by atoms with Gasteiger partial charge in [-0.1, -0.05) is 48.5 Å². The largest absolute Gasteiger partial charge is 0.480 e. The van der Waals surface area contributed by atoms with Gasteiger partial charge in [-0.05, 0) is 40.5 Å². The number of rotatable bonds is 5. The number of anilines is 1. The Hall–Kier alpha value is -3.85. The van der Waals surface area contributed by atoms with Crippen LogP contribution in [-0.2, 0) is 9.53 Å². The van der Waals surface area contributed by atoms with Crippen molar-refractivity contribution in [3.05, 3.63) is 89.2 Å². The lowest BCUT2D eigenvalue weighted by Crippen LogP contribution is -2.41. The summed E-state index contributed by atoms with van der Waals surface area (Å²) in [5.74, 6) is -2.13. The van der Waals surface area contributed by atoms with Crippen LogP contribution in [-0.4, -0.2) is 52.3 Å². The molecule has 0 saturated carbocycles. The zero-order valence-corrected chi connectivity index (χ0v) is 19.3. The molecule has 1 heterocycles. The van der Waals surface area contributed by atoms with Gasteiger partial charge in [0.15, 0.2) is 0 Å². The number of amides is 2. The van der Waals surface area contributed by atoms with Gasteiger partial charge in [0, 0.05) is 22.9 Å². The Labute approximate surface area is 204 Å². The van der Waals surface area contributed by atoms with Crippen LogP contribution in [0.2, 0.25) is 0 Å². The fourth-order valence-corrected chi connectivity index (χ4v) is 5.70. The molecule has 7 nitrogen and oxygen atoms in total. The second kappa shape index (κ2) is 9.42. The number of benzene rings is 3. The van der Waals surface area contributed by atoms with Crippen LogP contribution in [0.1, 0.15) is 27.4 Å². The topological polar surface area (TPSA) is 95.9 Å². The van der Waals surface area contributed by atoms with Crippen molar-refractivity contribution in [3.63, 3.8) is 0 Å². The molecule has 9 heteroatoms. The van der Waals surface area contributed by atoms with E-state index in [1.165, 1.54) is 22.7 Å². The third kappa shape index (κ3) is 4.46. The van der Waals surface area contributed by atoms with E-state index in [0.29, 0.717) is 0 Å². The first-order valence-corrected chi connectivity index (χ1v) is 12.1. The molecule has 35 heavy (non-hydrogen) atoms. The van der Waals surface area contributed by atoms with Crippen molar-refractivity contribution in [2.75, 3.05) is 23.6 Å². The molecule has 1 unspecified atom stereocenters. The van der Waals surface area contributed by atoms with Crippen LogP contribution in [0.5, 0.6) is 0 Å². The SMILES string of the molecule is O=C(Nc1cc(F)cc(C(=O)N2CSCC2C(=O)O)c1)OCC1c2ccccc2-c2ccccc21. The number of carboxylic acid groups (broad SMARTS) is 1. The molecule has 1 atom stereocenters. The highest BCUT2D eigenvalue weighted by atomic mass is 32.2. The molecular weight excluding hydrogens is 471 g/mol. The molecule has 0 bridgehead atoms. The average Bonchev–Trinajstić information content (AvgIpc) is 3.45. The van der Waals surface area contributed by atoms with Crippen molar-refractivity contribution in [1.29, 1.82) is 0 Å². The Balaban J connectivity index is 1.28. The summed E-state index contributed by atoms with van der Waals surface area (Å²) in [6.45, 7) is 0.0895. The van der Waals surface area contributed by atoms with Crippen molar-refractivity contribution in [3.8, 4) is 11.1 Å². The number of hydrogen-bond donors (Lipinski definition) is 2. The molecule has 5 rings (SSSR count). The highest BCUT2D eigenvalue weighted by Crippen LogP contribution is 2.44. The summed E-state index contributed by atoms with van der Waals surface area (Å²) in [5.41, 5.74) is 4.33. The van der Waals surface area contributed by atoms with E-state index in [1.54, 1.807) is 0 Å².